The van der Waals surface area contributed by atoms with Crippen molar-refractivity contribution in [3.8, 4) is 6.01 Å². The number of hydrogen-bond donors (Lipinski definition) is 13. The van der Waals surface area contributed by atoms with Crippen molar-refractivity contribution in [1.29, 1.82) is 0 Å². The standard InChI is InChI=1S/C19H30N6O.C18H30N6O.C17H28N6O.C16H29N5.C15H23N3O.C13H22N4O.C13H22N4/c1-19(2,3)15-10-16(21-14-11-20-12-14)23-18(22-15)25-8-6-24(7-9-25)17(26)13-4-5-13;1-5-16(25)23-6-8-24(9-7-23)17-21-14(18(2,3)4)10-15(22-17)20-13-11-19-12-13;1-12(24)22-5-7-23(8-6-22)16-20-14(17(2,3)4)9-15(21-16)19-13-10-18-11-13;1-6-7-8-21(5)15-19-13(16(2,3)4)9-14(20-15)18-12-10-17-11-12;1-5-14(19)18-9-12(10-18)17-13-8-11(6-7-16-13)15(2,3)4;1-5-18-12-16-10(13(2,3)4)6-11(17-12)15-9-7-14-8-9;1-5-11-16-10(13(2,3)4)6-12(17-11)15-9-7-14-8-9/h10,13-14,20H,4-9,11-12H2,1-3H3,(H,21,22,23);10,13,19H,5-9,11-12H2,1-4H3,(H,20,21,22);9,13,18H,5-8,10-11H2,1-4H3,(H,19,20,21);9,12,17H,6-8,10-11H2,1-5H3,(H,18,19,20);6-8,12H,5,9-10H2,1-4H3,(H,16,17);6,9,14H,5,7-8H2,1-4H3,(H,15,16,17);6,9,14H,5,7-8H2,1-4H3,(H,15,16,17). The second-order valence-electron chi connectivity index (χ2n) is 48.8. The fourth-order valence-corrected chi connectivity index (χ4v) is 16.9. The van der Waals surface area contributed by atoms with Gasteiger partial charge in [0.1, 0.15) is 46.5 Å². The van der Waals surface area contributed by atoms with Gasteiger partial charge in [0.15, 0.2) is 0 Å². The summed E-state index contributed by atoms with van der Waals surface area (Å²) in [5.74, 6) is 11.7. The van der Waals surface area contributed by atoms with Crippen molar-refractivity contribution in [2.45, 2.75) is 312 Å². The number of rotatable bonds is 27. The van der Waals surface area contributed by atoms with Crippen LogP contribution in [0, 0.1) is 5.92 Å². The zero-order valence-corrected chi connectivity index (χ0v) is 96.0. The number of likely N-dealkylation sites (tertiary alicyclic amines) is 1. The first kappa shape index (κ1) is 118. The number of carbonyl (C=O) groups is 4. The number of anilines is 11. The van der Waals surface area contributed by atoms with Crippen LogP contribution in [0.4, 0.5) is 64.5 Å². The maximum Gasteiger partial charge on any atom is 0.318 e. The number of nitrogens with one attached hydrogen (secondary N) is 13. The van der Waals surface area contributed by atoms with Crippen LogP contribution >= 0.6 is 0 Å². The van der Waals surface area contributed by atoms with E-state index in [2.05, 4.69) is 322 Å². The Balaban J connectivity index is 0.000000156. The van der Waals surface area contributed by atoms with E-state index in [0.717, 1.165) is 307 Å². The number of aromatic nitrogens is 13. The molecule has 7 aromatic rings. The van der Waals surface area contributed by atoms with E-state index in [9.17, 15) is 19.2 Å². The topological polar surface area (TPSA) is 427 Å². The molecule has 1 aliphatic carbocycles. The van der Waals surface area contributed by atoms with Crippen LogP contribution in [0.5, 0.6) is 6.01 Å². The van der Waals surface area contributed by atoms with Crippen LogP contribution in [0.15, 0.2) is 54.7 Å². The van der Waals surface area contributed by atoms with Gasteiger partial charge in [-0.25, -0.2) is 34.9 Å². The predicted octanol–water partition coefficient (Wildman–Crippen LogP) is 11.3. The molecule has 0 atom stereocenters. The SMILES string of the molecule is CC(=O)N1CCN(c2nc(NC3CNC3)cc(C(C)(C)C)n2)CC1.CC(C)(C)c1cc(NC2CNC2)nc(N2CCN(C(=O)C3CC3)CC2)n1.CCC(=O)N1CC(Nc2cc(C(C)(C)C)ccn2)C1.CCC(=O)N1CCN(c2nc(NC3CNC3)cc(C(C)(C)C)n2)CC1.CCCCN(C)c1nc(NC2CNC2)cc(C(C)(C)C)n1.CCOc1nc(NC2CNC2)cc(C(C)(C)C)n1.CCc1nc(NC2CNC2)cc(C(C)(C)C)n1. The molecule has 11 fully saturated rings. The minimum atomic E-state index is -0.0357. The van der Waals surface area contributed by atoms with Gasteiger partial charge >= 0.3 is 6.01 Å². The lowest BCUT2D eigenvalue weighted by Gasteiger charge is -2.39. The molecule has 18 rings (SSSR count). The van der Waals surface area contributed by atoms with Gasteiger partial charge < -0.3 is 113 Å². The van der Waals surface area contributed by atoms with Gasteiger partial charge in [0, 0.05) is 291 Å². The van der Waals surface area contributed by atoms with Crippen molar-refractivity contribution >= 4 is 88.1 Å². The van der Waals surface area contributed by atoms with Crippen LogP contribution in [0.2, 0.25) is 0 Å². The van der Waals surface area contributed by atoms with Crippen molar-refractivity contribution in [1.82, 2.24) is 116 Å². The first-order valence-corrected chi connectivity index (χ1v) is 55.5. The Morgan fingerprint density at radius 2 is 0.687 bits per heavy atom. The molecule has 0 aromatic carbocycles. The number of unbranched alkanes of at least 4 members (excludes halogenated alkanes) is 1. The van der Waals surface area contributed by atoms with Gasteiger partial charge in [0.25, 0.3) is 0 Å². The largest absolute Gasteiger partial charge is 0.464 e. The van der Waals surface area contributed by atoms with E-state index in [1.807, 2.05) is 52.6 Å². The number of nitrogens with zero attached hydrogens (tertiary/aromatic N) is 21. The second kappa shape index (κ2) is 52.5. The molecule has 0 unspecified atom stereocenters. The van der Waals surface area contributed by atoms with E-state index in [1.54, 1.807) is 6.92 Å². The van der Waals surface area contributed by atoms with E-state index in [1.165, 1.54) is 12.0 Å². The molecule has 13 N–H and O–H groups in total. The fraction of sp³-hybridized carbons (Fsp3) is 0.703. The van der Waals surface area contributed by atoms with Crippen LogP contribution in [-0.4, -0.2) is 341 Å². The molecular formula is C111H184N34O5. The first-order chi connectivity index (χ1) is 70.9. The molecule has 0 bridgehead atoms. The molecule has 828 valence electrons. The van der Waals surface area contributed by atoms with Gasteiger partial charge in [0.05, 0.1) is 83.1 Å². The summed E-state index contributed by atoms with van der Waals surface area (Å²) in [4.78, 5) is 124. The summed E-state index contributed by atoms with van der Waals surface area (Å²) in [5.41, 5.74) is 7.70. The molecule has 1 saturated carbocycles. The third-order valence-corrected chi connectivity index (χ3v) is 28.1. The summed E-state index contributed by atoms with van der Waals surface area (Å²) >= 11 is 0. The summed E-state index contributed by atoms with van der Waals surface area (Å²) in [7, 11) is 2.08. The van der Waals surface area contributed by atoms with Gasteiger partial charge in [-0.3, -0.25) is 19.2 Å². The van der Waals surface area contributed by atoms with Gasteiger partial charge in [-0.15, -0.1) is 0 Å². The number of pyridine rings is 1. The van der Waals surface area contributed by atoms with Crippen LogP contribution in [0.1, 0.15) is 271 Å². The average Bonchev–Trinajstić information content (AvgIpc) is 1.26. The van der Waals surface area contributed by atoms with E-state index in [4.69, 9.17) is 44.6 Å². The van der Waals surface area contributed by atoms with E-state index >= 15 is 0 Å². The third kappa shape index (κ3) is 35.5. The van der Waals surface area contributed by atoms with Gasteiger partial charge in [-0.2, -0.15) is 29.9 Å². The van der Waals surface area contributed by atoms with Crippen LogP contribution in [0.3, 0.4) is 0 Å². The quantitative estimate of drug-likeness (QED) is 0.0227. The number of amides is 4. The lowest BCUT2D eigenvalue weighted by Crippen LogP contribution is -2.56. The zero-order chi connectivity index (χ0) is 109. The molecule has 11 aliphatic rings. The molecule has 0 spiro atoms. The van der Waals surface area contributed by atoms with E-state index in [0.29, 0.717) is 79.6 Å². The highest BCUT2D eigenvalue weighted by atomic mass is 16.5. The molecular weight excluding hydrogens is 1890 g/mol. The summed E-state index contributed by atoms with van der Waals surface area (Å²) in [6.07, 6.45) is 8.36. The predicted molar refractivity (Wildman–Crippen MR) is 607 cm³/mol. The van der Waals surface area contributed by atoms with Crippen LogP contribution in [0.25, 0.3) is 0 Å². The molecule has 39 heteroatoms. The van der Waals surface area contributed by atoms with Crippen LogP contribution < -0.4 is 93.5 Å². The molecule has 10 saturated heterocycles. The maximum atomic E-state index is 12.3. The van der Waals surface area contributed by atoms with Crippen molar-refractivity contribution < 1.29 is 23.9 Å². The minimum absolute atomic E-state index is 0.0108. The Labute approximate surface area is 895 Å². The lowest BCUT2D eigenvalue weighted by molar-refractivity contribution is -0.135. The summed E-state index contributed by atoms with van der Waals surface area (Å²) in [6.45, 7) is 81.6. The Hall–Kier alpha value is -11.1. The lowest BCUT2D eigenvalue weighted by atomic mass is 9.88. The highest BCUT2D eigenvalue weighted by Gasteiger charge is 2.38. The first-order valence-electron chi connectivity index (χ1n) is 55.5. The van der Waals surface area contributed by atoms with Crippen molar-refractivity contribution in [2.24, 2.45) is 5.92 Å². The van der Waals surface area contributed by atoms with Crippen LogP contribution in [-0.2, 0) is 63.5 Å². The Morgan fingerprint density at radius 1 is 0.360 bits per heavy atom. The van der Waals surface area contributed by atoms with Crippen molar-refractivity contribution in [3.63, 3.8) is 0 Å². The summed E-state index contributed by atoms with van der Waals surface area (Å²) < 4.78 is 5.44. The summed E-state index contributed by atoms with van der Waals surface area (Å²) in [6, 6.07) is 20.1. The van der Waals surface area contributed by atoms with Crippen molar-refractivity contribution in [3.05, 3.63) is 100 Å². The van der Waals surface area contributed by atoms with Gasteiger partial charge in [-0.1, -0.05) is 180 Å². The zero-order valence-electron chi connectivity index (χ0n) is 96.0. The Bertz CT molecular complexity index is 5470. The normalized spacial score (nSPS) is 18.0. The highest BCUT2D eigenvalue weighted by Crippen LogP contribution is 2.36. The molecule has 39 nitrogen and oxygen atoms in total. The number of hydrogen-bond acceptors (Lipinski definition) is 35. The fourth-order valence-electron chi connectivity index (χ4n) is 16.9. The average molecular weight is 2070 g/mol. The van der Waals surface area contributed by atoms with Gasteiger partial charge in [-0.05, 0) is 49.3 Å². The van der Waals surface area contributed by atoms with E-state index < -0.39 is 0 Å². The Kier molecular flexibility index (Phi) is 41.1. The maximum absolute atomic E-state index is 12.3. The number of piperazine rings is 3. The molecule has 150 heavy (non-hydrogen) atoms. The molecule has 17 heterocycles. The number of ether oxygens (including phenoxy) is 1. The smallest absolute Gasteiger partial charge is 0.318 e. The second-order valence-corrected chi connectivity index (χ2v) is 48.8. The third-order valence-electron chi connectivity index (χ3n) is 28.1. The minimum Gasteiger partial charge on any atom is -0.464 e. The Morgan fingerprint density at radius 3 is 1.01 bits per heavy atom. The highest BCUT2D eigenvalue weighted by molar-refractivity contribution is 5.81. The molecule has 7 aromatic heterocycles. The van der Waals surface area contributed by atoms with Crippen molar-refractivity contribution in [2.75, 3.05) is 247 Å². The molecule has 10 aliphatic heterocycles. The number of carbonyl (C=O) groups excluding carboxylic acids is 4. The number of aryl methyl sites for hydroxylation is 1. The molecule has 4 amide bonds. The summed E-state index contributed by atoms with van der Waals surface area (Å²) in [5, 5.41) is 43.8. The molecule has 0 radical (unpaired) electrons. The van der Waals surface area contributed by atoms with E-state index in [-0.39, 0.29) is 55.6 Å². The monoisotopic (exact) mass is 2070 g/mol. The van der Waals surface area contributed by atoms with Gasteiger partial charge in [0.2, 0.25) is 47.4 Å².